The second-order valence-corrected chi connectivity index (χ2v) is 11.6. The first kappa shape index (κ1) is 20.7. The Hall–Kier alpha value is -2.14. The molecule has 0 saturated heterocycles. The zero-order valence-electron chi connectivity index (χ0n) is 17.9. The van der Waals surface area contributed by atoms with Crippen LogP contribution in [0.2, 0.25) is 0 Å². The number of nitrogens with one attached hydrogen (secondary N) is 2. The number of aryl methyl sites for hydroxylation is 1. The molecule has 0 radical (unpaired) electrons. The highest BCUT2D eigenvalue weighted by Gasteiger charge is 2.59. The van der Waals surface area contributed by atoms with Gasteiger partial charge in [-0.3, -0.25) is 9.59 Å². The van der Waals surface area contributed by atoms with Crippen LogP contribution in [-0.2, 0) is 11.2 Å². The van der Waals surface area contributed by atoms with Crippen LogP contribution in [-0.4, -0.2) is 16.1 Å². The van der Waals surface area contributed by atoms with Crippen LogP contribution >= 0.6 is 15.9 Å². The van der Waals surface area contributed by atoms with E-state index in [2.05, 4.69) is 33.5 Å². The van der Waals surface area contributed by atoms with Crippen LogP contribution in [0.5, 0.6) is 0 Å². The third-order valence-electron chi connectivity index (χ3n) is 7.51. The number of carbonyl (C=O) groups is 2. The molecular weight excluding hydrogens is 452 g/mol. The van der Waals surface area contributed by atoms with Gasteiger partial charge in [0.15, 0.2) is 0 Å². The number of halogens is 1. The lowest BCUT2D eigenvalue weighted by molar-refractivity contribution is -0.138. The summed E-state index contributed by atoms with van der Waals surface area (Å²) in [5.41, 5.74) is 2.76. The Labute approximate surface area is 192 Å². The van der Waals surface area contributed by atoms with E-state index >= 15 is 0 Å². The molecule has 0 heterocycles. The highest BCUT2D eigenvalue weighted by molar-refractivity contribution is 9.10. The Morgan fingerprint density at radius 1 is 0.968 bits per heavy atom. The lowest BCUT2D eigenvalue weighted by atomic mass is 9.49. The lowest BCUT2D eigenvalue weighted by Crippen LogP contribution is -2.57. The largest absolute Gasteiger partial charge is 0.325 e. The monoisotopic (exact) mass is 480 g/mol. The van der Waals surface area contributed by atoms with Gasteiger partial charge in [-0.15, -0.1) is 0 Å². The van der Waals surface area contributed by atoms with E-state index in [1.807, 2.05) is 42.5 Å². The van der Waals surface area contributed by atoms with Gasteiger partial charge >= 0.3 is 0 Å². The number of carbonyl (C=O) groups excluding carboxylic acids is 2. The number of amides is 2. The van der Waals surface area contributed by atoms with Gasteiger partial charge in [-0.25, -0.2) is 0 Å². The van der Waals surface area contributed by atoms with Crippen molar-refractivity contribution in [2.24, 2.45) is 17.3 Å². The average Bonchev–Trinajstić information content (AvgIpc) is 2.73. The summed E-state index contributed by atoms with van der Waals surface area (Å²) in [7, 11) is 0. The number of rotatable bonds is 5. The van der Waals surface area contributed by atoms with Crippen LogP contribution in [0.3, 0.4) is 0 Å². The number of benzene rings is 2. The van der Waals surface area contributed by atoms with E-state index < -0.39 is 0 Å². The summed E-state index contributed by atoms with van der Waals surface area (Å²) < 4.78 is 0.121. The number of para-hydroxylation sites is 1. The molecule has 4 nitrogen and oxygen atoms in total. The summed E-state index contributed by atoms with van der Waals surface area (Å²) in [6.45, 7) is 2.10. The highest BCUT2D eigenvalue weighted by atomic mass is 79.9. The molecule has 4 saturated carbocycles. The quantitative estimate of drug-likeness (QED) is 0.502. The Morgan fingerprint density at radius 3 is 2.29 bits per heavy atom. The normalized spacial score (nSPS) is 30.8. The van der Waals surface area contributed by atoms with Crippen LogP contribution in [0.1, 0.15) is 61.4 Å². The van der Waals surface area contributed by atoms with E-state index in [-0.39, 0.29) is 21.6 Å². The van der Waals surface area contributed by atoms with Crippen molar-refractivity contribution in [2.75, 3.05) is 10.6 Å². The van der Waals surface area contributed by atoms with Crippen LogP contribution in [0, 0.1) is 17.3 Å². The molecule has 2 aromatic carbocycles. The van der Waals surface area contributed by atoms with Crippen molar-refractivity contribution in [3.05, 3.63) is 59.7 Å². The minimum atomic E-state index is -0.312. The third-order valence-corrected chi connectivity index (χ3v) is 8.44. The van der Waals surface area contributed by atoms with Gasteiger partial charge in [0.2, 0.25) is 5.91 Å². The Morgan fingerprint density at radius 2 is 1.65 bits per heavy atom. The molecule has 162 valence electrons. The van der Waals surface area contributed by atoms with Gasteiger partial charge in [-0.1, -0.05) is 47.1 Å². The first-order chi connectivity index (χ1) is 14.9. The van der Waals surface area contributed by atoms with Gasteiger partial charge in [0.25, 0.3) is 5.91 Å². The molecular formula is C26H29BrN2O2. The van der Waals surface area contributed by atoms with Gasteiger partial charge < -0.3 is 10.6 Å². The third kappa shape index (κ3) is 3.93. The molecule has 4 aliphatic carbocycles. The molecule has 2 atom stereocenters. The Balaban J connectivity index is 1.34. The van der Waals surface area contributed by atoms with Gasteiger partial charge in [0, 0.05) is 10.0 Å². The van der Waals surface area contributed by atoms with Crippen LogP contribution < -0.4 is 10.6 Å². The summed E-state index contributed by atoms with van der Waals surface area (Å²) in [6.07, 6.45) is 7.45. The molecule has 2 N–H and O–H groups in total. The van der Waals surface area contributed by atoms with Crippen molar-refractivity contribution in [3.8, 4) is 0 Å². The van der Waals surface area contributed by atoms with Crippen molar-refractivity contribution in [1.29, 1.82) is 0 Å². The predicted molar refractivity (Wildman–Crippen MR) is 128 cm³/mol. The molecule has 2 unspecified atom stereocenters. The predicted octanol–water partition coefficient (Wildman–Crippen LogP) is 6.17. The second-order valence-electron chi connectivity index (χ2n) is 9.90. The van der Waals surface area contributed by atoms with Crippen molar-refractivity contribution >= 4 is 39.1 Å². The maximum atomic E-state index is 13.5. The molecule has 2 amide bonds. The molecule has 5 heteroatoms. The summed E-state index contributed by atoms with van der Waals surface area (Å²) in [6, 6.07) is 15.2. The smallest absolute Gasteiger partial charge is 0.257 e. The molecule has 6 rings (SSSR count). The molecule has 0 aromatic heterocycles. The van der Waals surface area contributed by atoms with Crippen LogP contribution in [0.4, 0.5) is 11.4 Å². The average molecular weight is 481 g/mol. The molecule has 0 spiro atoms. The topological polar surface area (TPSA) is 58.2 Å². The number of hydrogen-bond donors (Lipinski definition) is 2. The molecule has 4 fully saturated rings. The zero-order valence-corrected chi connectivity index (χ0v) is 19.5. The van der Waals surface area contributed by atoms with E-state index in [0.29, 0.717) is 23.1 Å². The van der Waals surface area contributed by atoms with E-state index in [0.717, 1.165) is 31.4 Å². The Kier molecular flexibility index (Phi) is 5.20. The van der Waals surface area contributed by atoms with Crippen molar-refractivity contribution < 1.29 is 9.59 Å². The summed E-state index contributed by atoms with van der Waals surface area (Å²) in [5.74, 6) is 1.15. The number of anilines is 2. The first-order valence-electron chi connectivity index (χ1n) is 11.4. The number of hydrogen-bond acceptors (Lipinski definition) is 2. The standard InChI is InChI=1S/C26H29BrN2O2/c1-2-17-7-9-20(10-8-17)28-23(30)21-5-3-4-6-22(21)29-24(31)25-12-18-11-19(13-25)15-26(27,14-18)16-25/h3-10,18-19H,2,11-16H2,1H3,(H,28,30)(H,29,31). The summed E-state index contributed by atoms with van der Waals surface area (Å²) in [5, 5.41) is 6.12. The van der Waals surface area contributed by atoms with Crippen molar-refractivity contribution in [1.82, 2.24) is 0 Å². The van der Waals surface area contributed by atoms with E-state index in [9.17, 15) is 9.59 Å². The highest BCUT2D eigenvalue weighted by Crippen LogP contribution is 2.64. The van der Waals surface area contributed by atoms with Gasteiger partial charge in [-0.2, -0.15) is 0 Å². The maximum absolute atomic E-state index is 13.5. The minimum Gasteiger partial charge on any atom is -0.325 e. The summed E-state index contributed by atoms with van der Waals surface area (Å²) in [4.78, 5) is 26.5. The second kappa shape index (κ2) is 7.77. The van der Waals surface area contributed by atoms with Crippen molar-refractivity contribution in [3.63, 3.8) is 0 Å². The van der Waals surface area contributed by atoms with Gasteiger partial charge in [0.1, 0.15) is 0 Å². The fourth-order valence-corrected chi connectivity index (χ4v) is 7.94. The maximum Gasteiger partial charge on any atom is 0.257 e. The van der Waals surface area contributed by atoms with E-state index in [4.69, 9.17) is 0 Å². The van der Waals surface area contributed by atoms with E-state index in [1.165, 1.54) is 24.8 Å². The molecule has 4 aliphatic rings. The fraction of sp³-hybridized carbons (Fsp3) is 0.462. The number of alkyl halides is 1. The minimum absolute atomic E-state index is 0.0815. The van der Waals surface area contributed by atoms with Gasteiger partial charge in [-0.05, 0) is 86.6 Å². The molecule has 0 aliphatic heterocycles. The van der Waals surface area contributed by atoms with Gasteiger partial charge in [0.05, 0.1) is 16.7 Å². The fourth-order valence-electron chi connectivity index (χ4n) is 6.48. The van der Waals surface area contributed by atoms with E-state index in [1.54, 1.807) is 6.07 Å². The zero-order chi connectivity index (χ0) is 21.6. The molecule has 2 aromatic rings. The summed E-state index contributed by atoms with van der Waals surface area (Å²) >= 11 is 3.99. The Bertz CT molecular complexity index is 1000. The van der Waals surface area contributed by atoms with Crippen LogP contribution in [0.25, 0.3) is 0 Å². The first-order valence-corrected chi connectivity index (χ1v) is 12.2. The molecule has 31 heavy (non-hydrogen) atoms. The van der Waals surface area contributed by atoms with Crippen molar-refractivity contribution in [2.45, 2.75) is 56.2 Å². The lowest BCUT2D eigenvalue weighted by Gasteiger charge is -2.59. The van der Waals surface area contributed by atoms with Crippen LogP contribution in [0.15, 0.2) is 48.5 Å². The molecule has 4 bridgehead atoms. The SMILES string of the molecule is CCc1ccc(NC(=O)c2ccccc2NC(=O)C23CC4CC(CC(Br)(C4)C2)C3)cc1.